The fraction of sp³-hybridized carbons (Fsp3) is 0.750. The Labute approximate surface area is 61.7 Å². The molecule has 0 aliphatic carbocycles. The van der Waals surface area contributed by atoms with Crippen LogP contribution in [0.1, 0.15) is 13.8 Å². The summed E-state index contributed by atoms with van der Waals surface area (Å²) in [6, 6.07) is 0. The molecule has 0 amide bonds. The molecule has 0 aromatic heterocycles. The van der Waals surface area contributed by atoms with Gasteiger partial charge in [-0.2, -0.15) is 0 Å². The lowest BCUT2D eigenvalue weighted by Crippen LogP contribution is -2.31. The smallest absolute Gasteiger partial charge is 0.336 e. The van der Waals surface area contributed by atoms with Crippen LogP contribution in [0.2, 0.25) is 0 Å². The van der Waals surface area contributed by atoms with Gasteiger partial charge in [-0.25, -0.2) is 4.79 Å². The van der Waals surface area contributed by atoms with Gasteiger partial charge in [0.1, 0.15) is 23.0 Å². The van der Waals surface area contributed by atoms with Crippen molar-refractivity contribution in [3.63, 3.8) is 0 Å². The van der Waals surface area contributed by atoms with E-state index in [4.69, 9.17) is 5.11 Å². The first-order valence-electron chi connectivity index (χ1n) is 2.04. The number of carboxylic acids is 1. The van der Waals surface area contributed by atoms with Crippen molar-refractivity contribution in [1.29, 1.82) is 0 Å². The molecular weight excluding hydrogens is 223 g/mol. The molecule has 0 aliphatic heterocycles. The molecule has 0 radical (unpaired) electrons. The van der Waals surface area contributed by atoms with Gasteiger partial charge in [-0.3, -0.25) is 3.07 Å². The highest BCUT2D eigenvalue weighted by Crippen LogP contribution is 2.12. The Kier molecular flexibility index (Phi) is 2.68. The van der Waals surface area contributed by atoms with E-state index in [0.717, 1.165) is 0 Å². The summed E-state index contributed by atoms with van der Waals surface area (Å²) in [6.45, 7) is 2.98. The van der Waals surface area contributed by atoms with Crippen molar-refractivity contribution in [3.8, 4) is 0 Å². The standard InChI is InChI=1S/C4H7IO3/c1-4(2,8-5)3(6)7/h1-2H3,(H,6,7). The molecule has 0 heterocycles. The van der Waals surface area contributed by atoms with Gasteiger partial charge in [0.05, 0.1) is 0 Å². The van der Waals surface area contributed by atoms with Crippen LogP contribution < -0.4 is 0 Å². The summed E-state index contributed by atoms with van der Waals surface area (Å²) in [5.41, 5.74) is -1.06. The second-order valence-electron chi connectivity index (χ2n) is 1.89. The number of halogens is 1. The van der Waals surface area contributed by atoms with Crippen molar-refractivity contribution in [2.45, 2.75) is 19.4 Å². The quantitative estimate of drug-likeness (QED) is 0.725. The Morgan fingerprint density at radius 1 is 1.75 bits per heavy atom. The van der Waals surface area contributed by atoms with Crippen LogP contribution in [-0.2, 0) is 7.86 Å². The first kappa shape index (κ1) is 8.16. The molecule has 0 atom stereocenters. The molecule has 0 unspecified atom stereocenters. The van der Waals surface area contributed by atoms with Crippen LogP contribution in [0.25, 0.3) is 0 Å². The number of hydrogen-bond donors (Lipinski definition) is 1. The number of carbonyl (C=O) groups is 1. The fourth-order valence-electron chi connectivity index (χ4n) is 0.0330. The first-order valence-corrected chi connectivity index (χ1v) is 2.92. The molecule has 0 fully saturated rings. The summed E-state index contributed by atoms with van der Waals surface area (Å²) in [7, 11) is 0. The Bertz CT molecular complexity index is 99.5. The molecule has 0 spiro atoms. The van der Waals surface area contributed by atoms with E-state index in [1.807, 2.05) is 0 Å². The van der Waals surface area contributed by atoms with E-state index in [-0.39, 0.29) is 0 Å². The monoisotopic (exact) mass is 230 g/mol. The third-order valence-electron chi connectivity index (χ3n) is 0.708. The topological polar surface area (TPSA) is 46.5 Å². The number of aliphatic carboxylic acids is 1. The third kappa shape index (κ3) is 1.95. The van der Waals surface area contributed by atoms with Crippen molar-refractivity contribution < 1.29 is 13.0 Å². The van der Waals surface area contributed by atoms with Crippen molar-refractivity contribution in [2.24, 2.45) is 0 Å². The van der Waals surface area contributed by atoms with Gasteiger partial charge in [-0.15, -0.1) is 0 Å². The second kappa shape index (κ2) is 2.63. The Balaban J connectivity index is 3.91. The molecule has 3 nitrogen and oxygen atoms in total. The van der Waals surface area contributed by atoms with Gasteiger partial charge in [0.25, 0.3) is 0 Å². The molecule has 48 valence electrons. The van der Waals surface area contributed by atoms with Crippen molar-refractivity contribution in [2.75, 3.05) is 0 Å². The Morgan fingerprint density at radius 3 is 2.12 bits per heavy atom. The van der Waals surface area contributed by atoms with Crippen LogP contribution in [0.4, 0.5) is 0 Å². The lowest BCUT2D eigenvalue weighted by Gasteiger charge is -2.13. The number of carboxylic acid groups (broad SMARTS) is 1. The highest BCUT2D eigenvalue weighted by Gasteiger charge is 2.26. The first-order chi connectivity index (χ1) is 3.50. The average Bonchev–Trinajstić information content (AvgIpc) is 1.67. The summed E-state index contributed by atoms with van der Waals surface area (Å²) in [6.07, 6.45) is 0. The van der Waals surface area contributed by atoms with Crippen LogP contribution in [0.3, 0.4) is 0 Å². The number of hydrogen-bond acceptors (Lipinski definition) is 2. The molecule has 0 aliphatic rings. The van der Waals surface area contributed by atoms with Gasteiger partial charge in [0.2, 0.25) is 0 Å². The van der Waals surface area contributed by atoms with Crippen LogP contribution >= 0.6 is 23.0 Å². The van der Waals surface area contributed by atoms with E-state index in [9.17, 15) is 4.79 Å². The van der Waals surface area contributed by atoms with Gasteiger partial charge < -0.3 is 5.11 Å². The predicted molar refractivity (Wildman–Crippen MR) is 36.8 cm³/mol. The maximum Gasteiger partial charge on any atom is 0.336 e. The molecule has 0 bridgehead atoms. The summed E-state index contributed by atoms with van der Waals surface area (Å²) in [5, 5.41) is 8.31. The molecule has 1 N–H and O–H groups in total. The van der Waals surface area contributed by atoms with Crippen molar-refractivity contribution in [3.05, 3.63) is 0 Å². The summed E-state index contributed by atoms with van der Waals surface area (Å²) < 4.78 is 4.57. The molecule has 8 heavy (non-hydrogen) atoms. The van der Waals surface area contributed by atoms with E-state index >= 15 is 0 Å². The highest BCUT2D eigenvalue weighted by molar-refractivity contribution is 14.1. The maximum atomic E-state index is 10.1. The molecular formula is C4H7IO3. The van der Waals surface area contributed by atoms with Crippen LogP contribution in [0.5, 0.6) is 0 Å². The van der Waals surface area contributed by atoms with E-state index in [0.29, 0.717) is 0 Å². The van der Waals surface area contributed by atoms with Gasteiger partial charge in [-0.1, -0.05) is 0 Å². The molecule has 0 rings (SSSR count). The zero-order valence-electron chi connectivity index (χ0n) is 4.64. The van der Waals surface area contributed by atoms with E-state index in [2.05, 4.69) is 3.07 Å². The van der Waals surface area contributed by atoms with Gasteiger partial charge >= 0.3 is 5.97 Å². The van der Waals surface area contributed by atoms with E-state index in [1.165, 1.54) is 13.8 Å². The Morgan fingerprint density at radius 2 is 2.12 bits per heavy atom. The van der Waals surface area contributed by atoms with Gasteiger partial charge in [0, 0.05) is 0 Å². The molecule has 0 saturated carbocycles. The van der Waals surface area contributed by atoms with Crippen molar-refractivity contribution in [1.82, 2.24) is 0 Å². The highest BCUT2D eigenvalue weighted by atomic mass is 127. The zero-order valence-corrected chi connectivity index (χ0v) is 6.80. The predicted octanol–water partition coefficient (Wildman–Crippen LogP) is 1.22. The molecule has 0 saturated heterocycles. The maximum absolute atomic E-state index is 10.1. The van der Waals surface area contributed by atoms with Crippen LogP contribution in [0, 0.1) is 0 Å². The van der Waals surface area contributed by atoms with Gasteiger partial charge in [0.15, 0.2) is 5.60 Å². The third-order valence-corrected chi connectivity index (χ3v) is 1.81. The summed E-state index contributed by atoms with van der Waals surface area (Å²) >= 11 is 1.56. The average molecular weight is 230 g/mol. The zero-order chi connectivity index (χ0) is 6.78. The van der Waals surface area contributed by atoms with E-state index in [1.54, 1.807) is 23.0 Å². The lowest BCUT2D eigenvalue weighted by molar-refractivity contribution is -0.149. The van der Waals surface area contributed by atoms with Gasteiger partial charge in [-0.05, 0) is 13.8 Å². The van der Waals surface area contributed by atoms with Crippen LogP contribution in [0.15, 0.2) is 0 Å². The summed E-state index contributed by atoms with van der Waals surface area (Å²) in [4.78, 5) is 10.1. The normalized spacial score (nSPS) is 11.4. The molecule has 4 heteroatoms. The molecule has 0 aromatic carbocycles. The largest absolute Gasteiger partial charge is 0.479 e. The molecule has 0 aromatic rings. The minimum absolute atomic E-state index is 0.952. The van der Waals surface area contributed by atoms with Crippen LogP contribution in [-0.4, -0.2) is 16.7 Å². The minimum atomic E-state index is -1.06. The van der Waals surface area contributed by atoms with Crippen molar-refractivity contribution >= 4 is 29.0 Å². The minimum Gasteiger partial charge on any atom is -0.479 e. The Hall–Kier alpha value is 0.160. The number of rotatable bonds is 2. The lowest BCUT2D eigenvalue weighted by atomic mass is 10.1. The fourth-order valence-corrected chi connectivity index (χ4v) is 0.221. The SMILES string of the molecule is CC(C)(OI)C(=O)O. The van der Waals surface area contributed by atoms with E-state index < -0.39 is 11.6 Å². The summed E-state index contributed by atoms with van der Waals surface area (Å²) in [5.74, 6) is -0.952. The second-order valence-corrected chi connectivity index (χ2v) is 2.33.